The SMILES string of the molecule is Cc1ccc(/C=C/c2c(CO)nnn2CCCO)cc1. The van der Waals surface area contributed by atoms with E-state index in [1.165, 1.54) is 5.56 Å². The van der Waals surface area contributed by atoms with Crippen LogP contribution in [-0.2, 0) is 13.2 Å². The molecular formula is C15H19N3O2. The van der Waals surface area contributed by atoms with Crippen LogP contribution in [0.4, 0.5) is 0 Å². The van der Waals surface area contributed by atoms with E-state index >= 15 is 0 Å². The number of nitrogens with zero attached hydrogens (tertiary/aromatic N) is 3. The normalized spacial score (nSPS) is 11.3. The molecule has 106 valence electrons. The van der Waals surface area contributed by atoms with Crippen molar-refractivity contribution in [1.29, 1.82) is 0 Å². The maximum atomic E-state index is 9.29. The second kappa shape index (κ2) is 6.98. The van der Waals surface area contributed by atoms with Gasteiger partial charge in [0.15, 0.2) is 0 Å². The summed E-state index contributed by atoms with van der Waals surface area (Å²) in [4.78, 5) is 0. The Kier molecular flexibility index (Phi) is 5.03. The molecule has 2 aromatic rings. The summed E-state index contributed by atoms with van der Waals surface area (Å²) in [7, 11) is 0. The molecule has 0 atom stereocenters. The molecule has 2 N–H and O–H groups in total. The zero-order valence-electron chi connectivity index (χ0n) is 11.5. The molecule has 1 heterocycles. The van der Waals surface area contributed by atoms with Crippen molar-refractivity contribution in [1.82, 2.24) is 15.0 Å². The number of aryl methyl sites for hydroxylation is 2. The van der Waals surface area contributed by atoms with E-state index in [-0.39, 0.29) is 13.2 Å². The third kappa shape index (κ3) is 3.53. The number of benzene rings is 1. The van der Waals surface area contributed by atoms with Crippen molar-refractivity contribution in [3.63, 3.8) is 0 Å². The van der Waals surface area contributed by atoms with E-state index in [1.54, 1.807) is 4.68 Å². The lowest BCUT2D eigenvalue weighted by Gasteiger charge is -2.02. The summed E-state index contributed by atoms with van der Waals surface area (Å²) in [5, 5.41) is 26.1. The summed E-state index contributed by atoms with van der Waals surface area (Å²) in [6, 6.07) is 8.17. The molecule has 1 aromatic carbocycles. The standard InChI is InChI=1S/C15H19N3O2/c1-12-3-5-13(6-4-12)7-8-15-14(11-20)16-17-18(15)9-2-10-19/h3-8,19-20H,2,9-11H2,1H3/b8-7+. The minimum Gasteiger partial charge on any atom is -0.396 e. The van der Waals surface area contributed by atoms with Gasteiger partial charge in [0.2, 0.25) is 0 Å². The van der Waals surface area contributed by atoms with E-state index in [4.69, 9.17) is 5.11 Å². The van der Waals surface area contributed by atoms with E-state index in [1.807, 2.05) is 43.3 Å². The van der Waals surface area contributed by atoms with Crippen molar-refractivity contribution >= 4 is 12.2 Å². The maximum absolute atomic E-state index is 9.29. The Balaban J connectivity index is 2.22. The van der Waals surface area contributed by atoms with Crippen LogP contribution in [0, 0.1) is 6.92 Å². The minimum absolute atomic E-state index is 0.107. The van der Waals surface area contributed by atoms with E-state index in [2.05, 4.69) is 10.3 Å². The predicted octanol–water partition coefficient (Wildman–Crippen LogP) is 1.63. The monoisotopic (exact) mass is 273 g/mol. The van der Waals surface area contributed by atoms with Crippen molar-refractivity contribution in [3.05, 3.63) is 46.8 Å². The Morgan fingerprint density at radius 3 is 2.55 bits per heavy atom. The summed E-state index contributed by atoms with van der Waals surface area (Å²) < 4.78 is 1.70. The van der Waals surface area contributed by atoms with Crippen molar-refractivity contribution in [2.75, 3.05) is 6.61 Å². The van der Waals surface area contributed by atoms with Gasteiger partial charge in [0, 0.05) is 13.2 Å². The highest BCUT2D eigenvalue weighted by Crippen LogP contribution is 2.12. The number of aliphatic hydroxyl groups excluding tert-OH is 2. The van der Waals surface area contributed by atoms with Crippen LogP contribution in [0.5, 0.6) is 0 Å². The third-order valence-electron chi connectivity index (χ3n) is 3.04. The second-order valence-electron chi connectivity index (χ2n) is 4.62. The highest BCUT2D eigenvalue weighted by atomic mass is 16.3. The van der Waals surface area contributed by atoms with Crippen LogP contribution in [-0.4, -0.2) is 31.8 Å². The fourth-order valence-corrected chi connectivity index (χ4v) is 1.89. The van der Waals surface area contributed by atoms with Gasteiger partial charge in [-0.3, -0.25) is 0 Å². The Hall–Kier alpha value is -1.98. The number of rotatable bonds is 6. The maximum Gasteiger partial charge on any atom is 0.115 e. The Morgan fingerprint density at radius 2 is 1.90 bits per heavy atom. The average Bonchev–Trinajstić information content (AvgIpc) is 2.86. The highest BCUT2D eigenvalue weighted by molar-refractivity contribution is 5.69. The summed E-state index contributed by atoms with van der Waals surface area (Å²) in [5.41, 5.74) is 3.62. The molecule has 0 saturated heterocycles. The molecule has 0 spiro atoms. The highest BCUT2D eigenvalue weighted by Gasteiger charge is 2.08. The molecule has 2 rings (SSSR count). The molecule has 0 amide bonds. The molecule has 0 aliphatic rings. The molecule has 0 fully saturated rings. The quantitative estimate of drug-likeness (QED) is 0.839. The lowest BCUT2D eigenvalue weighted by atomic mass is 10.1. The lowest BCUT2D eigenvalue weighted by Crippen LogP contribution is -2.04. The molecule has 0 unspecified atom stereocenters. The first-order valence-corrected chi connectivity index (χ1v) is 6.63. The fourth-order valence-electron chi connectivity index (χ4n) is 1.89. The van der Waals surface area contributed by atoms with E-state index < -0.39 is 0 Å². The zero-order chi connectivity index (χ0) is 14.4. The van der Waals surface area contributed by atoms with Gasteiger partial charge >= 0.3 is 0 Å². The van der Waals surface area contributed by atoms with Crippen LogP contribution < -0.4 is 0 Å². The Morgan fingerprint density at radius 1 is 1.15 bits per heavy atom. The molecule has 1 aromatic heterocycles. The molecule has 0 aliphatic carbocycles. The number of aromatic nitrogens is 3. The van der Waals surface area contributed by atoms with Crippen molar-refractivity contribution in [2.45, 2.75) is 26.5 Å². The number of aliphatic hydroxyl groups is 2. The molecule has 20 heavy (non-hydrogen) atoms. The van der Waals surface area contributed by atoms with Crippen molar-refractivity contribution < 1.29 is 10.2 Å². The van der Waals surface area contributed by atoms with Gasteiger partial charge in [-0.2, -0.15) is 0 Å². The number of hydrogen-bond donors (Lipinski definition) is 2. The van der Waals surface area contributed by atoms with Crippen LogP contribution in [0.15, 0.2) is 24.3 Å². The third-order valence-corrected chi connectivity index (χ3v) is 3.04. The lowest BCUT2D eigenvalue weighted by molar-refractivity contribution is 0.275. The van der Waals surface area contributed by atoms with Gasteiger partial charge in [-0.1, -0.05) is 41.1 Å². The first kappa shape index (κ1) is 14.4. The van der Waals surface area contributed by atoms with Gasteiger partial charge in [0.05, 0.1) is 12.3 Å². The minimum atomic E-state index is -0.146. The molecule has 5 nitrogen and oxygen atoms in total. The summed E-state index contributed by atoms with van der Waals surface area (Å²) >= 11 is 0. The van der Waals surface area contributed by atoms with Crippen molar-refractivity contribution in [3.8, 4) is 0 Å². The van der Waals surface area contributed by atoms with Crippen LogP contribution in [0.25, 0.3) is 12.2 Å². The zero-order valence-corrected chi connectivity index (χ0v) is 11.5. The van der Waals surface area contributed by atoms with E-state index in [0.717, 1.165) is 11.3 Å². The van der Waals surface area contributed by atoms with Gasteiger partial charge in [0.1, 0.15) is 5.69 Å². The first-order chi connectivity index (χ1) is 9.74. The topological polar surface area (TPSA) is 71.2 Å². The van der Waals surface area contributed by atoms with Crippen LogP contribution in [0.2, 0.25) is 0 Å². The van der Waals surface area contributed by atoms with Gasteiger partial charge in [-0.25, -0.2) is 4.68 Å². The average molecular weight is 273 g/mol. The largest absolute Gasteiger partial charge is 0.396 e. The molecular weight excluding hydrogens is 254 g/mol. The van der Waals surface area contributed by atoms with Crippen LogP contribution in [0.3, 0.4) is 0 Å². The summed E-state index contributed by atoms with van der Waals surface area (Å²) in [5.74, 6) is 0. The summed E-state index contributed by atoms with van der Waals surface area (Å²) in [6.45, 7) is 2.59. The molecule has 0 bridgehead atoms. The predicted molar refractivity (Wildman–Crippen MR) is 77.8 cm³/mol. The fraction of sp³-hybridized carbons (Fsp3) is 0.333. The van der Waals surface area contributed by atoms with Crippen molar-refractivity contribution in [2.24, 2.45) is 0 Å². The first-order valence-electron chi connectivity index (χ1n) is 6.63. The van der Waals surface area contributed by atoms with Gasteiger partial charge in [-0.15, -0.1) is 5.10 Å². The number of hydrogen-bond acceptors (Lipinski definition) is 4. The Bertz CT molecular complexity index is 573. The molecule has 0 aliphatic heterocycles. The molecule has 5 heteroatoms. The van der Waals surface area contributed by atoms with E-state index in [0.29, 0.717) is 18.7 Å². The van der Waals surface area contributed by atoms with Gasteiger partial charge < -0.3 is 10.2 Å². The van der Waals surface area contributed by atoms with Crippen LogP contribution in [0.1, 0.15) is 28.9 Å². The summed E-state index contributed by atoms with van der Waals surface area (Å²) in [6.07, 6.45) is 4.47. The van der Waals surface area contributed by atoms with Gasteiger partial charge in [-0.05, 0) is 25.0 Å². The molecule has 0 radical (unpaired) electrons. The molecule has 0 saturated carbocycles. The van der Waals surface area contributed by atoms with Gasteiger partial charge in [0.25, 0.3) is 0 Å². The second-order valence-corrected chi connectivity index (χ2v) is 4.62. The Labute approximate surface area is 118 Å². The smallest absolute Gasteiger partial charge is 0.115 e. The van der Waals surface area contributed by atoms with E-state index in [9.17, 15) is 5.11 Å². The van der Waals surface area contributed by atoms with Crippen LogP contribution >= 0.6 is 0 Å².